The SMILES string of the molecule is Cc1cc(Cl)c2[nH]c(C)cc(=O)c2c1. The van der Waals surface area contributed by atoms with Gasteiger partial charge in [0.05, 0.1) is 10.5 Å². The lowest BCUT2D eigenvalue weighted by Gasteiger charge is -2.03. The smallest absolute Gasteiger partial charge is 0.189 e. The van der Waals surface area contributed by atoms with Gasteiger partial charge in [-0.05, 0) is 31.5 Å². The minimum absolute atomic E-state index is 0.0156. The molecule has 14 heavy (non-hydrogen) atoms. The molecule has 0 aliphatic rings. The van der Waals surface area contributed by atoms with Crippen molar-refractivity contribution < 1.29 is 0 Å². The van der Waals surface area contributed by atoms with E-state index in [0.717, 1.165) is 16.8 Å². The average molecular weight is 208 g/mol. The van der Waals surface area contributed by atoms with E-state index in [9.17, 15) is 4.79 Å². The van der Waals surface area contributed by atoms with Crippen LogP contribution in [0.5, 0.6) is 0 Å². The molecule has 2 rings (SSSR count). The molecule has 2 nitrogen and oxygen atoms in total. The molecule has 0 radical (unpaired) electrons. The van der Waals surface area contributed by atoms with E-state index in [0.29, 0.717) is 10.4 Å². The van der Waals surface area contributed by atoms with Gasteiger partial charge in [-0.15, -0.1) is 0 Å². The summed E-state index contributed by atoms with van der Waals surface area (Å²) < 4.78 is 0. The van der Waals surface area contributed by atoms with Gasteiger partial charge in [0.15, 0.2) is 5.43 Å². The molecule has 0 aliphatic heterocycles. The van der Waals surface area contributed by atoms with Crippen molar-refractivity contribution in [1.82, 2.24) is 4.98 Å². The maximum atomic E-state index is 11.6. The van der Waals surface area contributed by atoms with Crippen molar-refractivity contribution in [3.63, 3.8) is 0 Å². The number of nitrogens with one attached hydrogen (secondary N) is 1. The molecule has 0 amide bonds. The first kappa shape index (κ1) is 9.28. The van der Waals surface area contributed by atoms with Gasteiger partial charge in [0.2, 0.25) is 0 Å². The van der Waals surface area contributed by atoms with E-state index in [1.54, 1.807) is 6.07 Å². The van der Waals surface area contributed by atoms with E-state index in [-0.39, 0.29) is 5.43 Å². The first-order valence-corrected chi connectivity index (χ1v) is 4.75. The van der Waals surface area contributed by atoms with Crippen LogP contribution < -0.4 is 5.43 Å². The number of aryl methyl sites for hydroxylation is 2. The van der Waals surface area contributed by atoms with Crippen LogP contribution in [0.4, 0.5) is 0 Å². The molecule has 0 aliphatic carbocycles. The minimum atomic E-state index is 0.0156. The third-order valence-corrected chi connectivity index (χ3v) is 2.47. The van der Waals surface area contributed by atoms with Gasteiger partial charge in [0.25, 0.3) is 0 Å². The minimum Gasteiger partial charge on any atom is -0.357 e. The predicted octanol–water partition coefficient (Wildman–Crippen LogP) is 2.80. The first-order chi connectivity index (χ1) is 6.58. The number of rotatable bonds is 0. The summed E-state index contributed by atoms with van der Waals surface area (Å²) in [7, 11) is 0. The molecule has 72 valence electrons. The zero-order valence-corrected chi connectivity index (χ0v) is 8.77. The number of halogens is 1. The molecular formula is C11H10ClNO. The van der Waals surface area contributed by atoms with Gasteiger partial charge in [-0.2, -0.15) is 0 Å². The number of H-pyrrole nitrogens is 1. The number of aromatic nitrogens is 1. The zero-order chi connectivity index (χ0) is 10.3. The second-order valence-corrected chi connectivity index (χ2v) is 3.89. The molecule has 1 heterocycles. The largest absolute Gasteiger partial charge is 0.357 e. The zero-order valence-electron chi connectivity index (χ0n) is 8.02. The van der Waals surface area contributed by atoms with Crippen LogP contribution in [0.1, 0.15) is 11.3 Å². The average Bonchev–Trinajstić information content (AvgIpc) is 2.07. The Hall–Kier alpha value is -1.28. The van der Waals surface area contributed by atoms with Gasteiger partial charge >= 0.3 is 0 Å². The second-order valence-electron chi connectivity index (χ2n) is 3.49. The topological polar surface area (TPSA) is 32.9 Å². The Morgan fingerprint density at radius 2 is 1.93 bits per heavy atom. The molecule has 0 fully saturated rings. The molecule has 0 spiro atoms. The van der Waals surface area contributed by atoms with Crippen molar-refractivity contribution in [2.75, 3.05) is 0 Å². The number of pyridine rings is 1. The van der Waals surface area contributed by atoms with E-state index in [2.05, 4.69) is 4.98 Å². The highest BCUT2D eigenvalue weighted by atomic mass is 35.5. The monoisotopic (exact) mass is 207 g/mol. The lowest BCUT2D eigenvalue weighted by molar-refractivity contribution is 1.24. The van der Waals surface area contributed by atoms with Gasteiger partial charge in [-0.3, -0.25) is 4.79 Å². The summed E-state index contributed by atoms with van der Waals surface area (Å²) >= 11 is 6.04. The predicted molar refractivity (Wildman–Crippen MR) is 59.1 cm³/mol. The van der Waals surface area contributed by atoms with Crippen LogP contribution in [-0.4, -0.2) is 4.98 Å². The van der Waals surface area contributed by atoms with Crippen LogP contribution >= 0.6 is 11.6 Å². The van der Waals surface area contributed by atoms with E-state index in [1.807, 2.05) is 26.0 Å². The van der Waals surface area contributed by atoms with Crippen molar-refractivity contribution in [3.05, 3.63) is 44.7 Å². The molecule has 1 N–H and O–H groups in total. The summed E-state index contributed by atoms with van der Waals surface area (Å²) in [5.74, 6) is 0. The highest BCUT2D eigenvalue weighted by Gasteiger charge is 2.04. The van der Waals surface area contributed by atoms with Crippen LogP contribution in [0.15, 0.2) is 23.0 Å². The highest BCUT2D eigenvalue weighted by molar-refractivity contribution is 6.35. The lowest BCUT2D eigenvalue weighted by Crippen LogP contribution is -2.03. The molecule has 0 saturated heterocycles. The number of hydrogen-bond donors (Lipinski definition) is 1. The second kappa shape index (κ2) is 3.14. The van der Waals surface area contributed by atoms with Gasteiger partial charge in [-0.25, -0.2) is 0 Å². The maximum absolute atomic E-state index is 11.6. The Kier molecular flexibility index (Phi) is 2.08. The maximum Gasteiger partial charge on any atom is 0.189 e. The summed E-state index contributed by atoms with van der Waals surface area (Å²) in [6.07, 6.45) is 0. The van der Waals surface area contributed by atoms with Crippen LogP contribution in [0, 0.1) is 13.8 Å². The molecule has 3 heteroatoms. The van der Waals surface area contributed by atoms with Crippen molar-refractivity contribution in [3.8, 4) is 0 Å². The molecule has 0 unspecified atom stereocenters. The fourth-order valence-electron chi connectivity index (χ4n) is 1.57. The van der Waals surface area contributed by atoms with Crippen LogP contribution in [0.2, 0.25) is 5.02 Å². The fourth-order valence-corrected chi connectivity index (χ4v) is 1.89. The Morgan fingerprint density at radius 3 is 2.64 bits per heavy atom. The molecule has 1 aromatic heterocycles. The number of benzene rings is 1. The van der Waals surface area contributed by atoms with Crippen molar-refractivity contribution in [2.24, 2.45) is 0 Å². The van der Waals surface area contributed by atoms with Gasteiger partial charge < -0.3 is 4.98 Å². The van der Waals surface area contributed by atoms with Crippen LogP contribution in [0.3, 0.4) is 0 Å². The third kappa shape index (κ3) is 1.42. The number of aromatic amines is 1. The molecule has 0 atom stereocenters. The van der Waals surface area contributed by atoms with Gasteiger partial charge in [0, 0.05) is 17.1 Å². The summed E-state index contributed by atoms with van der Waals surface area (Å²) in [4.78, 5) is 14.7. The van der Waals surface area contributed by atoms with Crippen LogP contribution in [-0.2, 0) is 0 Å². The lowest BCUT2D eigenvalue weighted by atomic mass is 10.1. The Bertz CT molecular complexity index is 557. The van der Waals surface area contributed by atoms with Crippen LogP contribution in [0.25, 0.3) is 10.9 Å². The Balaban J connectivity index is 3.02. The summed E-state index contributed by atoms with van der Waals surface area (Å²) in [6, 6.07) is 5.27. The molecule has 1 aromatic carbocycles. The summed E-state index contributed by atoms with van der Waals surface area (Å²) in [6.45, 7) is 3.77. The first-order valence-electron chi connectivity index (χ1n) is 4.38. The van der Waals surface area contributed by atoms with E-state index in [4.69, 9.17) is 11.6 Å². The van der Waals surface area contributed by atoms with E-state index >= 15 is 0 Å². The Morgan fingerprint density at radius 1 is 1.21 bits per heavy atom. The van der Waals surface area contributed by atoms with E-state index in [1.165, 1.54) is 0 Å². The molecule has 2 aromatic rings. The molecule has 0 bridgehead atoms. The quantitative estimate of drug-likeness (QED) is 0.708. The van der Waals surface area contributed by atoms with E-state index < -0.39 is 0 Å². The van der Waals surface area contributed by atoms with Gasteiger partial charge in [-0.1, -0.05) is 11.6 Å². The van der Waals surface area contributed by atoms with Crippen molar-refractivity contribution in [1.29, 1.82) is 0 Å². The Labute approximate surface area is 86.5 Å². The van der Waals surface area contributed by atoms with Crippen molar-refractivity contribution in [2.45, 2.75) is 13.8 Å². The normalized spacial score (nSPS) is 10.8. The standard InChI is InChI=1S/C11H10ClNO/c1-6-3-8-10(14)5-7(2)13-11(8)9(12)4-6/h3-5H,1-2H3,(H,13,14). The highest BCUT2D eigenvalue weighted by Crippen LogP contribution is 2.21. The third-order valence-electron chi connectivity index (χ3n) is 2.17. The fraction of sp³-hybridized carbons (Fsp3) is 0.182. The molecular weight excluding hydrogens is 198 g/mol. The molecule has 0 saturated carbocycles. The summed E-state index contributed by atoms with van der Waals surface area (Å²) in [5.41, 5.74) is 2.56. The van der Waals surface area contributed by atoms with Crippen molar-refractivity contribution >= 4 is 22.5 Å². The summed E-state index contributed by atoms with van der Waals surface area (Å²) in [5, 5.41) is 1.25. The number of hydrogen-bond acceptors (Lipinski definition) is 1. The van der Waals surface area contributed by atoms with Gasteiger partial charge in [0.1, 0.15) is 0 Å². The number of fused-ring (bicyclic) bond motifs is 1.